The van der Waals surface area contributed by atoms with Gasteiger partial charge in [0.1, 0.15) is 11.5 Å². The lowest BCUT2D eigenvalue weighted by molar-refractivity contribution is 0.0981. The first-order chi connectivity index (χ1) is 15.3. The van der Waals surface area contributed by atoms with E-state index in [-0.39, 0.29) is 16.8 Å². The third kappa shape index (κ3) is 4.01. The Morgan fingerprint density at radius 2 is 1.75 bits per heavy atom. The van der Waals surface area contributed by atoms with E-state index in [1.807, 2.05) is 25.1 Å². The number of carbonyl (C=O) groups excluding carboxylic acids is 1. The average Bonchev–Trinajstić information content (AvgIpc) is 3.14. The summed E-state index contributed by atoms with van der Waals surface area (Å²) in [5.41, 5.74) is 2.44. The molecule has 32 heavy (non-hydrogen) atoms. The van der Waals surface area contributed by atoms with Crippen molar-refractivity contribution in [1.82, 2.24) is 0 Å². The molecule has 3 aromatic rings. The lowest BCUT2D eigenvalue weighted by Gasteiger charge is -2.23. The first-order valence-electron chi connectivity index (χ1n) is 10.1. The standard InChI is InChI=1S/C24H24N2O5S/c1-16-13-18-14-20(10-12-22(18)26(16)24(27)17-7-5-4-6-8-17)32(28,29)25-21-11-9-19(30-2)15-23(21)31-3/h4-12,14-16,25H,13H2,1-3H3/t16-/m0/s1. The molecule has 0 fully saturated rings. The van der Waals surface area contributed by atoms with Crippen molar-refractivity contribution in [3.8, 4) is 11.5 Å². The molecule has 1 amide bonds. The maximum absolute atomic E-state index is 13.1. The predicted molar refractivity (Wildman–Crippen MR) is 123 cm³/mol. The van der Waals surface area contributed by atoms with Crippen LogP contribution in [0.2, 0.25) is 0 Å². The van der Waals surface area contributed by atoms with Crippen LogP contribution in [0.3, 0.4) is 0 Å². The first-order valence-corrected chi connectivity index (χ1v) is 11.6. The van der Waals surface area contributed by atoms with Gasteiger partial charge in [0.15, 0.2) is 0 Å². The smallest absolute Gasteiger partial charge is 0.262 e. The molecule has 0 aliphatic carbocycles. The zero-order valence-corrected chi connectivity index (χ0v) is 18.8. The van der Waals surface area contributed by atoms with Crippen molar-refractivity contribution < 1.29 is 22.7 Å². The van der Waals surface area contributed by atoms with Gasteiger partial charge in [0.25, 0.3) is 15.9 Å². The van der Waals surface area contributed by atoms with Gasteiger partial charge >= 0.3 is 0 Å². The summed E-state index contributed by atoms with van der Waals surface area (Å²) < 4.78 is 39.2. The topological polar surface area (TPSA) is 84.9 Å². The number of methoxy groups -OCH3 is 2. The molecule has 0 saturated heterocycles. The molecule has 0 spiro atoms. The first kappa shape index (κ1) is 21.7. The monoisotopic (exact) mass is 452 g/mol. The van der Waals surface area contributed by atoms with Crippen LogP contribution < -0.4 is 19.1 Å². The summed E-state index contributed by atoms with van der Waals surface area (Å²) in [6.07, 6.45) is 0.573. The van der Waals surface area contributed by atoms with Crippen molar-refractivity contribution in [2.75, 3.05) is 23.8 Å². The Labute approximate surface area is 187 Å². The maximum Gasteiger partial charge on any atom is 0.262 e. The summed E-state index contributed by atoms with van der Waals surface area (Å²) in [5.74, 6) is 0.801. The largest absolute Gasteiger partial charge is 0.497 e. The molecule has 0 aromatic heterocycles. The molecule has 8 heteroatoms. The predicted octanol–water partition coefficient (Wildman–Crippen LogP) is 4.10. The van der Waals surface area contributed by atoms with Gasteiger partial charge in [-0.15, -0.1) is 0 Å². The number of fused-ring (bicyclic) bond motifs is 1. The average molecular weight is 453 g/mol. The van der Waals surface area contributed by atoms with Gasteiger partial charge in [0.05, 0.1) is 24.8 Å². The SMILES string of the molecule is COc1ccc(NS(=O)(=O)c2ccc3c(c2)C[C@H](C)N3C(=O)c2ccccc2)c(OC)c1. The minimum absolute atomic E-state index is 0.0784. The molecule has 0 saturated carbocycles. The number of hydrogen-bond donors (Lipinski definition) is 1. The van der Waals surface area contributed by atoms with E-state index in [0.717, 1.165) is 11.3 Å². The maximum atomic E-state index is 13.1. The molecule has 0 unspecified atom stereocenters. The summed E-state index contributed by atoms with van der Waals surface area (Å²) in [7, 11) is -0.885. The molecule has 0 radical (unpaired) electrons. The van der Waals surface area contributed by atoms with Crippen LogP contribution >= 0.6 is 0 Å². The Bertz CT molecular complexity index is 1260. The number of ether oxygens (including phenoxy) is 2. The molecule has 3 aromatic carbocycles. The lowest BCUT2D eigenvalue weighted by atomic mass is 10.1. The van der Waals surface area contributed by atoms with Gasteiger partial charge in [-0.1, -0.05) is 18.2 Å². The Kier molecular flexibility index (Phi) is 5.80. The summed E-state index contributed by atoms with van der Waals surface area (Å²) in [6.45, 7) is 1.95. The highest BCUT2D eigenvalue weighted by Gasteiger charge is 2.32. The van der Waals surface area contributed by atoms with Gasteiger partial charge in [-0.3, -0.25) is 9.52 Å². The van der Waals surface area contributed by atoms with E-state index in [4.69, 9.17) is 9.47 Å². The molecular formula is C24H24N2O5S. The quantitative estimate of drug-likeness (QED) is 0.609. The van der Waals surface area contributed by atoms with Crippen LogP contribution in [-0.4, -0.2) is 34.6 Å². The van der Waals surface area contributed by atoms with Crippen molar-refractivity contribution >= 4 is 27.3 Å². The fourth-order valence-electron chi connectivity index (χ4n) is 3.89. The van der Waals surface area contributed by atoms with E-state index in [9.17, 15) is 13.2 Å². The van der Waals surface area contributed by atoms with Crippen LogP contribution in [0.5, 0.6) is 11.5 Å². The molecule has 1 aliphatic rings. The van der Waals surface area contributed by atoms with E-state index in [0.29, 0.717) is 29.2 Å². The number of nitrogens with one attached hydrogen (secondary N) is 1. The molecule has 4 rings (SSSR count). The normalized spacial score (nSPS) is 15.2. The van der Waals surface area contributed by atoms with Gasteiger partial charge < -0.3 is 14.4 Å². The second-order valence-electron chi connectivity index (χ2n) is 7.56. The summed E-state index contributed by atoms with van der Waals surface area (Å²) in [6, 6.07) is 18.7. The van der Waals surface area contributed by atoms with Crippen LogP contribution in [0.15, 0.2) is 71.6 Å². The number of sulfonamides is 1. The number of hydrogen-bond acceptors (Lipinski definition) is 5. The molecule has 1 N–H and O–H groups in total. The zero-order valence-electron chi connectivity index (χ0n) is 18.0. The molecule has 1 heterocycles. The van der Waals surface area contributed by atoms with E-state index in [2.05, 4.69) is 4.72 Å². The Balaban J connectivity index is 1.63. The fraction of sp³-hybridized carbons (Fsp3) is 0.208. The van der Waals surface area contributed by atoms with Crippen molar-refractivity contribution in [2.24, 2.45) is 0 Å². The Morgan fingerprint density at radius 3 is 2.44 bits per heavy atom. The summed E-state index contributed by atoms with van der Waals surface area (Å²) >= 11 is 0. The van der Waals surface area contributed by atoms with Gasteiger partial charge in [-0.05, 0) is 61.4 Å². The van der Waals surface area contributed by atoms with Crippen LogP contribution in [0, 0.1) is 0 Å². The van der Waals surface area contributed by atoms with Crippen molar-refractivity contribution in [3.63, 3.8) is 0 Å². The molecule has 1 atom stereocenters. The van der Waals surface area contributed by atoms with E-state index >= 15 is 0 Å². The van der Waals surface area contributed by atoms with Gasteiger partial charge in [0, 0.05) is 23.4 Å². The minimum atomic E-state index is -3.87. The highest BCUT2D eigenvalue weighted by molar-refractivity contribution is 7.92. The Morgan fingerprint density at radius 1 is 1.00 bits per heavy atom. The summed E-state index contributed by atoms with van der Waals surface area (Å²) in [5, 5.41) is 0. The number of benzene rings is 3. The van der Waals surface area contributed by atoms with E-state index in [1.165, 1.54) is 20.3 Å². The second-order valence-corrected chi connectivity index (χ2v) is 9.24. The number of amides is 1. The number of anilines is 2. The lowest BCUT2D eigenvalue weighted by Crippen LogP contribution is -2.35. The molecule has 166 valence electrons. The van der Waals surface area contributed by atoms with Crippen LogP contribution in [0.25, 0.3) is 0 Å². The van der Waals surface area contributed by atoms with Crippen LogP contribution in [-0.2, 0) is 16.4 Å². The van der Waals surface area contributed by atoms with Gasteiger partial charge in [-0.2, -0.15) is 0 Å². The van der Waals surface area contributed by atoms with E-state index < -0.39 is 10.0 Å². The third-order valence-electron chi connectivity index (χ3n) is 5.47. The molecule has 7 nitrogen and oxygen atoms in total. The van der Waals surface area contributed by atoms with Crippen LogP contribution in [0.4, 0.5) is 11.4 Å². The van der Waals surface area contributed by atoms with Gasteiger partial charge in [-0.25, -0.2) is 8.42 Å². The zero-order chi connectivity index (χ0) is 22.9. The van der Waals surface area contributed by atoms with Crippen molar-refractivity contribution in [2.45, 2.75) is 24.3 Å². The van der Waals surface area contributed by atoms with Crippen molar-refractivity contribution in [1.29, 1.82) is 0 Å². The summed E-state index contributed by atoms with van der Waals surface area (Å²) in [4.78, 5) is 14.9. The van der Waals surface area contributed by atoms with Crippen LogP contribution in [0.1, 0.15) is 22.8 Å². The fourth-order valence-corrected chi connectivity index (χ4v) is 5.01. The molecule has 1 aliphatic heterocycles. The highest BCUT2D eigenvalue weighted by Crippen LogP contribution is 2.36. The number of rotatable bonds is 6. The highest BCUT2D eigenvalue weighted by atomic mass is 32.2. The molecular weight excluding hydrogens is 428 g/mol. The van der Waals surface area contributed by atoms with Crippen molar-refractivity contribution in [3.05, 3.63) is 77.9 Å². The third-order valence-corrected chi connectivity index (χ3v) is 6.83. The van der Waals surface area contributed by atoms with Gasteiger partial charge in [0.2, 0.25) is 0 Å². The Hall–Kier alpha value is -3.52. The molecule has 0 bridgehead atoms. The number of carbonyl (C=O) groups is 1. The second kappa shape index (κ2) is 8.55. The minimum Gasteiger partial charge on any atom is -0.497 e. The van der Waals surface area contributed by atoms with E-state index in [1.54, 1.807) is 47.4 Å². The number of nitrogens with zero attached hydrogens (tertiary/aromatic N) is 1.